The number of hydrogen-bond acceptors (Lipinski definition) is 13. The number of hydrogen-bond donors (Lipinski definition) is 7. The van der Waals surface area contributed by atoms with Crippen LogP contribution >= 0.6 is 15.6 Å². The maximum Gasteiger partial charge on any atom is 0.472 e. The van der Waals surface area contributed by atoms with E-state index in [1.165, 1.54) is 64.2 Å². The van der Waals surface area contributed by atoms with E-state index in [0.717, 1.165) is 77.0 Å². The molecule has 1 rings (SSSR count). The van der Waals surface area contributed by atoms with Crippen LogP contribution in [0.5, 0.6) is 0 Å². The van der Waals surface area contributed by atoms with Gasteiger partial charge in [0.05, 0.1) is 6.61 Å². The van der Waals surface area contributed by atoms with Crippen molar-refractivity contribution in [1.82, 2.24) is 0 Å². The van der Waals surface area contributed by atoms with Gasteiger partial charge in [0.25, 0.3) is 0 Å². The molecule has 1 saturated carbocycles. The van der Waals surface area contributed by atoms with Gasteiger partial charge in [0.2, 0.25) is 0 Å². The SMILES string of the molecule is CC/C=C\C/C=C\C/C=C\C/C=C\CCCCCCC(=O)O[C@H](COC(=O)CCCCCCCCCCCCCCCCC)COP(=O)(O)O[C@H]1C(O)C(O)C(O)[C@@H](OP(=O)(O)O)C1O. The first-order chi connectivity index (χ1) is 31.1. The Kier molecular flexibility index (Phi) is 35.5. The van der Waals surface area contributed by atoms with Crippen molar-refractivity contribution in [1.29, 1.82) is 0 Å². The average molecular weight is 967 g/mol. The summed E-state index contributed by atoms with van der Waals surface area (Å²) in [5, 5.41) is 41.2. The number of ether oxygens (including phenoxy) is 2. The van der Waals surface area contributed by atoms with Gasteiger partial charge in [-0.2, -0.15) is 0 Å². The topological polar surface area (TPSA) is 256 Å². The largest absolute Gasteiger partial charge is 0.472 e. The van der Waals surface area contributed by atoms with E-state index in [9.17, 15) is 53.8 Å². The van der Waals surface area contributed by atoms with Crippen LogP contribution in [-0.4, -0.2) is 103 Å². The van der Waals surface area contributed by atoms with Crippen LogP contribution in [0.4, 0.5) is 0 Å². The zero-order chi connectivity index (χ0) is 48.2. The van der Waals surface area contributed by atoms with Crippen molar-refractivity contribution in [3.63, 3.8) is 0 Å². The van der Waals surface area contributed by atoms with Gasteiger partial charge in [-0.1, -0.05) is 165 Å². The van der Waals surface area contributed by atoms with Crippen LogP contribution in [0.2, 0.25) is 0 Å². The monoisotopic (exact) mass is 967 g/mol. The van der Waals surface area contributed by atoms with Gasteiger partial charge in [-0.05, 0) is 51.4 Å². The Bertz CT molecular complexity index is 1450. The molecular weight excluding hydrogens is 882 g/mol. The molecule has 7 N–H and O–H groups in total. The highest BCUT2D eigenvalue weighted by molar-refractivity contribution is 7.47. The Hall–Kier alpha value is -2.04. The molecule has 378 valence electrons. The number of phosphoric ester groups is 2. The summed E-state index contributed by atoms with van der Waals surface area (Å²) in [5.41, 5.74) is 0. The van der Waals surface area contributed by atoms with E-state index in [4.69, 9.17) is 18.5 Å². The minimum absolute atomic E-state index is 0.0163. The summed E-state index contributed by atoms with van der Waals surface area (Å²) >= 11 is 0. The van der Waals surface area contributed by atoms with Crippen molar-refractivity contribution < 1.29 is 76.9 Å². The van der Waals surface area contributed by atoms with Gasteiger partial charge in [0.1, 0.15) is 43.2 Å². The average Bonchev–Trinajstić information content (AvgIpc) is 3.26. The molecule has 0 spiro atoms. The second kappa shape index (κ2) is 37.9. The molecule has 1 aliphatic carbocycles. The number of carbonyl (C=O) groups excluding carboxylic acids is 2. The molecule has 0 amide bonds. The smallest absolute Gasteiger partial charge is 0.462 e. The lowest BCUT2D eigenvalue weighted by molar-refractivity contribution is -0.216. The minimum atomic E-state index is -5.37. The third kappa shape index (κ3) is 32.4. The van der Waals surface area contributed by atoms with Gasteiger partial charge in [-0.15, -0.1) is 0 Å². The molecule has 0 heterocycles. The summed E-state index contributed by atoms with van der Waals surface area (Å²) in [6, 6.07) is 0. The van der Waals surface area contributed by atoms with E-state index in [1.54, 1.807) is 0 Å². The molecule has 0 aromatic rings. The van der Waals surface area contributed by atoms with E-state index in [2.05, 4.69) is 67.0 Å². The predicted octanol–water partition coefficient (Wildman–Crippen LogP) is 9.29. The molecule has 1 fully saturated rings. The number of esters is 2. The van der Waals surface area contributed by atoms with E-state index < -0.39 is 83.5 Å². The maximum absolute atomic E-state index is 13.0. The molecule has 16 nitrogen and oxygen atoms in total. The molecule has 18 heteroatoms. The first-order valence-corrected chi connectivity index (χ1v) is 27.2. The number of phosphoric acid groups is 2. The van der Waals surface area contributed by atoms with E-state index in [0.29, 0.717) is 12.8 Å². The Labute approximate surface area is 388 Å². The standard InChI is InChI=1S/C47H84O16P2/c1-3-5-7-9-11-13-15-17-19-20-22-24-26-28-30-32-34-36-41(49)61-39(37-59-40(48)35-33-31-29-27-25-23-21-18-16-14-12-10-8-6-4-2)38-60-65(57,58)63-47-44(52)42(50)43(51)46(45(47)53)62-64(54,55)56/h5,7,11,13,17,19,22,24,39,42-47,50-53H,3-4,6,8-10,12,14-16,18,20-21,23,25-38H2,1-2H3,(H,57,58)(H2,54,55,56)/b7-5-,13-11-,19-17-,24-22-/t39-,42?,43?,44?,45?,46-,47+/m1/s1. The van der Waals surface area contributed by atoms with Gasteiger partial charge in [-0.3, -0.25) is 23.2 Å². The van der Waals surface area contributed by atoms with Crippen molar-refractivity contribution >= 4 is 27.6 Å². The van der Waals surface area contributed by atoms with Crippen LogP contribution in [-0.2, 0) is 41.8 Å². The highest BCUT2D eigenvalue weighted by Crippen LogP contribution is 2.49. The summed E-state index contributed by atoms with van der Waals surface area (Å²) in [6.45, 7) is 2.99. The number of aliphatic hydroxyl groups excluding tert-OH is 4. The normalized spacial score (nSPS) is 22.0. The zero-order valence-corrected chi connectivity index (χ0v) is 40.9. The molecule has 5 unspecified atom stereocenters. The van der Waals surface area contributed by atoms with Crippen molar-refractivity contribution in [3.05, 3.63) is 48.6 Å². The van der Waals surface area contributed by atoms with Crippen molar-refractivity contribution in [2.24, 2.45) is 0 Å². The fourth-order valence-electron chi connectivity index (χ4n) is 7.19. The number of aliphatic hydroxyl groups is 4. The Balaban J connectivity index is 2.60. The molecule has 8 atom stereocenters. The quantitative estimate of drug-likeness (QED) is 0.0131. The number of rotatable bonds is 40. The first-order valence-electron chi connectivity index (χ1n) is 24.2. The lowest BCUT2D eigenvalue weighted by Gasteiger charge is -2.43. The Morgan fingerprint density at radius 2 is 0.938 bits per heavy atom. The summed E-state index contributed by atoms with van der Waals surface area (Å²) in [5.74, 6) is -1.23. The molecule has 1 aliphatic rings. The maximum atomic E-state index is 13.0. The molecular formula is C47H84O16P2. The Morgan fingerprint density at radius 1 is 0.508 bits per heavy atom. The van der Waals surface area contributed by atoms with Crippen LogP contribution in [0.15, 0.2) is 48.6 Å². The highest BCUT2D eigenvalue weighted by Gasteiger charge is 2.54. The molecule has 0 aliphatic heterocycles. The molecule has 0 radical (unpaired) electrons. The highest BCUT2D eigenvalue weighted by atomic mass is 31.2. The second-order valence-electron chi connectivity index (χ2n) is 16.8. The number of allylic oxidation sites excluding steroid dienone is 8. The van der Waals surface area contributed by atoms with Gasteiger partial charge >= 0.3 is 27.6 Å². The lowest BCUT2D eigenvalue weighted by atomic mass is 9.85. The van der Waals surface area contributed by atoms with Crippen molar-refractivity contribution in [2.75, 3.05) is 13.2 Å². The van der Waals surface area contributed by atoms with Gasteiger partial charge < -0.3 is 44.6 Å². The van der Waals surface area contributed by atoms with E-state index in [1.807, 2.05) is 0 Å². The summed E-state index contributed by atoms with van der Waals surface area (Å²) < 4.78 is 49.4. The van der Waals surface area contributed by atoms with Gasteiger partial charge in [0, 0.05) is 12.8 Å². The van der Waals surface area contributed by atoms with Crippen LogP contribution in [0.3, 0.4) is 0 Å². The van der Waals surface area contributed by atoms with Crippen LogP contribution in [0.25, 0.3) is 0 Å². The molecule has 65 heavy (non-hydrogen) atoms. The number of carbonyl (C=O) groups is 2. The van der Waals surface area contributed by atoms with Crippen molar-refractivity contribution in [2.45, 2.75) is 224 Å². The van der Waals surface area contributed by atoms with Gasteiger partial charge in [0.15, 0.2) is 6.10 Å². The fraction of sp³-hybridized carbons (Fsp3) is 0.787. The first kappa shape index (κ1) is 61.0. The van der Waals surface area contributed by atoms with E-state index >= 15 is 0 Å². The summed E-state index contributed by atoms with van der Waals surface area (Å²) in [7, 11) is -10.7. The second-order valence-corrected chi connectivity index (χ2v) is 19.4. The third-order valence-corrected chi connectivity index (χ3v) is 12.4. The molecule has 0 saturated heterocycles. The molecule has 0 aromatic carbocycles. The zero-order valence-electron chi connectivity index (χ0n) is 39.2. The van der Waals surface area contributed by atoms with E-state index in [-0.39, 0.29) is 12.8 Å². The predicted molar refractivity (Wildman–Crippen MR) is 250 cm³/mol. The van der Waals surface area contributed by atoms with Gasteiger partial charge in [-0.25, -0.2) is 9.13 Å². The minimum Gasteiger partial charge on any atom is -0.462 e. The fourth-order valence-corrected chi connectivity index (χ4v) is 8.73. The summed E-state index contributed by atoms with van der Waals surface area (Å²) in [6.07, 6.45) is 27.8. The third-order valence-electron chi connectivity index (χ3n) is 10.9. The number of unbranched alkanes of at least 4 members (excludes halogenated alkanes) is 18. The Morgan fingerprint density at radius 3 is 1.43 bits per heavy atom. The molecule has 0 aromatic heterocycles. The van der Waals surface area contributed by atoms with Crippen LogP contribution < -0.4 is 0 Å². The summed E-state index contributed by atoms with van der Waals surface area (Å²) in [4.78, 5) is 54.3. The lowest BCUT2D eigenvalue weighted by Crippen LogP contribution is -2.64. The van der Waals surface area contributed by atoms with Crippen molar-refractivity contribution in [3.8, 4) is 0 Å². The van der Waals surface area contributed by atoms with Crippen LogP contribution in [0, 0.1) is 0 Å². The molecule has 0 bridgehead atoms. The van der Waals surface area contributed by atoms with Crippen LogP contribution in [0.1, 0.15) is 181 Å².